The number of carbonyl (C=O) groups is 1. The number of carboxylic acid groups (broad SMARTS) is 1. The van der Waals surface area contributed by atoms with Gasteiger partial charge < -0.3 is 15.4 Å². The molecule has 0 amide bonds. The van der Waals surface area contributed by atoms with Gasteiger partial charge in [-0.1, -0.05) is 23.7 Å². The molecule has 196 valence electrons. The Balaban J connectivity index is 1.59. The number of hydrogen-bond donors (Lipinski definition) is 3. The Morgan fingerprint density at radius 2 is 1.90 bits per heavy atom. The lowest BCUT2D eigenvalue weighted by Gasteiger charge is -2.22. The number of aromatic carboxylic acids is 1. The summed E-state index contributed by atoms with van der Waals surface area (Å²) in [6.45, 7) is 0.295. The molecule has 0 saturated carbocycles. The van der Waals surface area contributed by atoms with E-state index >= 15 is 0 Å². The number of aromatic amines is 1. The van der Waals surface area contributed by atoms with Crippen LogP contribution in [0.15, 0.2) is 90.1 Å². The van der Waals surface area contributed by atoms with Crippen LogP contribution in [-0.2, 0) is 6.42 Å². The summed E-state index contributed by atoms with van der Waals surface area (Å²) >= 11 is 6.38. The van der Waals surface area contributed by atoms with Gasteiger partial charge in [0.15, 0.2) is 0 Å². The van der Waals surface area contributed by atoms with E-state index in [0.29, 0.717) is 51.6 Å². The standard InChI is InChI=1S/C28H22ClFN6O3/c29-20-6-9-25(36-16-33-34-35-36)24(14-20)23-10-11-31-27(37)26(23)19(12-17-2-1-3-21(30)13-17)15-32-22-7-4-18(5-8-22)28(38)39/h1-11,13-14,16,19,32H,12,15H2,(H,31,37)(H,38,39)/t19-/m0/s1. The highest BCUT2D eigenvalue weighted by molar-refractivity contribution is 6.31. The lowest BCUT2D eigenvalue weighted by Crippen LogP contribution is -2.24. The Morgan fingerprint density at radius 1 is 1.08 bits per heavy atom. The third-order valence-corrected chi connectivity index (χ3v) is 6.54. The van der Waals surface area contributed by atoms with E-state index in [1.165, 1.54) is 35.3 Å². The fourth-order valence-electron chi connectivity index (χ4n) is 4.52. The predicted octanol–water partition coefficient (Wildman–Crippen LogP) is 4.95. The van der Waals surface area contributed by atoms with Gasteiger partial charge in [0, 0.05) is 40.5 Å². The molecule has 0 aliphatic heterocycles. The second-order valence-electron chi connectivity index (χ2n) is 8.84. The van der Waals surface area contributed by atoms with Crippen molar-refractivity contribution in [3.63, 3.8) is 0 Å². The van der Waals surface area contributed by atoms with E-state index < -0.39 is 11.9 Å². The summed E-state index contributed by atoms with van der Waals surface area (Å²) in [5.41, 5.74) is 3.60. The van der Waals surface area contributed by atoms with Crippen LogP contribution in [0, 0.1) is 5.82 Å². The van der Waals surface area contributed by atoms with Crippen LogP contribution < -0.4 is 10.9 Å². The fraction of sp³-hybridized carbons (Fsp3) is 0.107. The van der Waals surface area contributed by atoms with Crippen LogP contribution in [0.5, 0.6) is 0 Å². The zero-order chi connectivity index (χ0) is 27.4. The van der Waals surface area contributed by atoms with E-state index in [1.807, 2.05) is 0 Å². The molecule has 0 radical (unpaired) electrons. The molecular formula is C28H22ClFN6O3. The van der Waals surface area contributed by atoms with Gasteiger partial charge in [-0.3, -0.25) is 4.79 Å². The molecule has 11 heteroatoms. The van der Waals surface area contributed by atoms with Gasteiger partial charge in [0.1, 0.15) is 12.1 Å². The minimum atomic E-state index is -1.02. The molecule has 3 aromatic carbocycles. The normalized spacial score (nSPS) is 11.7. The topological polar surface area (TPSA) is 126 Å². The largest absolute Gasteiger partial charge is 0.478 e. The van der Waals surface area contributed by atoms with Crippen molar-refractivity contribution in [2.75, 3.05) is 11.9 Å². The Kier molecular flexibility index (Phi) is 7.46. The van der Waals surface area contributed by atoms with Crippen LogP contribution in [-0.4, -0.2) is 42.8 Å². The minimum absolute atomic E-state index is 0.162. The summed E-state index contributed by atoms with van der Waals surface area (Å²) in [5.74, 6) is -1.82. The smallest absolute Gasteiger partial charge is 0.335 e. The first-order valence-electron chi connectivity index (χ1n) is 12.0. The van der Waals surface area contributed by atoms with E-state index in [9.17, 15) is 19.1 Å². The van der Waals surface area contributed by atoms with Gasteiger partial charge >= 0.3 is 5.97 Å². The molecule has 39 heavy (non-hydrogen) atoms. The minimum Gasteiger partial charge on any atom is -0.478 e. The van der Waals surface area contributed by atoms with Crippen LogP contribution in [0.4, 0.5) is 10.1 Å². The molecule has 0 bridgehead atoms. The molecule has 2 heterocycles. The number of hydrogen-bond acceptors (Lipinski definition) is 6. The van der Waals surface area contributed by atoms with Crippen molar-refractivity contribution >= 4 is 23.3 Å². The van der Waals surface area contributed by atoms with E-state index in [-0.39, 0.29) is 16.9 Å². The molecule has 1 atom stereocenters. The number of H-pyrrole nitrogens is 1. The lowest BCUT2D eigenvalue weighted by atomic mass is 9.86. The molecule has 5 aromatic rings. The molecule has 0 aliphatic rings. The van der Waals surface area contributed by atoms with Crippen molar-refractivity contribution in [2.24, 2.45) is 0 Å². The zero-order valence-corrected chi connectivity index (χ0v) is 21.1. The van der Waals surface area contributed by atoms with Gasteiger partial charge in [0.2, 0.25) is 0 Å². The number of tetrazole rings is 1. The lowest BCUT2D eigenvalue weighted by molar-refractivity contribution is 0.0697. The maximum atomic E-state index is 14.1. The Bertz CT molecular complexity index is 1670. The van der Waals surface area contributed by atoms with Gasteiger partial charge in [-0.15, -0.1) is 5.10 Å². The van der Waals surface area contributed by atoms with E-state index in [2.05, 4.69) is 25.8 Å². The SMILES string of the molecule is O=C(O)c1ccc(NC[C@H](Cc2cccc(F)c2)c2c(-c3cc(Cl)ccc3-n3cnnn3)cc[nH]c2=O)cc1. The summed E-state index contributed by atoms with van der Waals surface area (Å²) < 4.78 is 15.6. The van der Waals surface area contributed by atoms with Crippen molar-refractivity contribution in [3.8, 4) is 16.8 Å². The van der Waals surface area contributed by atoms with E-state index in [1.54, 1.807) is 54.7 Å². The summed E-state index contributed by atoms with van der Waals surface area (Å²) in [5, 5.41) is 24.4. The van der Waals surface area contributed by atoms with Crippen molar-refractivity contribution in [3.05, 3.63) is 123 Å². The van der Waals surface area contributed by atoms with Gasteiger partial charge in [-0.2, -0.15) is 4.68 Å². The third kappa shape index (κ3) is 5.86. The highest BCUT2D eigenvalue weighted by atomic mass is 35.5. The van der Waals surface area contributed by atoms with Gasteiger partial charge in [0.05, 0.1) is 11.3 Å². The molecule has 5 rings (SSSR count). The molecule has 0 saturated heterocycles. The van der Waals surface area contributed by atoms with Crippen molar-refractivity contribution in [1.82, 2.24) is 25.2 Å². The molecule has 0 spiro atoms. The summed E-state index contributed by atoms with van der Waals surface area (Å²) in [6.07, 6.45) is 3.35. The molecule has 0 fully saturated rings. The monoisotopic (exact) mass is 544 g/mol. The second-order valence-corrected chi connectivity index (χ2v) is 9.28. The predicted molar refractivity (Wildman–Crippen MR) is 145 cm³/mol. The zero-order valence-electron chi connectivity index (χ0n) is 20.4. The summed E-state index contributed by atoms with van der Waals surface area (Å²) in [4.78, 5) is 27.4. The molecule has 3 N–H and O–H groups in total. The number of benzene rings is 3. The molecule has 0 aliphatic carbocycles. The number of pyridine rings is 1. The maximum Gasteiger partial charge on any atom is 0.335 e. The number of carboxylic acids is 1. The van der Waals surface area contributed by atoms with Crippen LogP contribution in [0.3, 0.4) is 0 Å². The number of aromatic nitrogens is 5. The van der Waals surface area contributed by atoms with Crippen LogP contribution in [0.25, 0.3) is 16.8 Å². The summed E-state index contributed by atoms with van der Waals surface area (Å²) in [6, 6.07) is 19.6. The quantitative estimate of drug-likeness (QED) is 0.240. The van der Waals surface area contributed by atoms with Crippen molar-refractivity contribution in [1.29, 1.82) is 0 Å². The molecular weight excluding hydrogens is 523 g/mol. The third-order valence-electron chi connectivity index (χ3n) is 6.31. The maximum absolute atomic E-state index is 14.1. The van der Waals surface area contributed by atoms with Crippen LogP contribution >= 0.6 is 11.6 Å². The van der Waals surface area contributed by atoms with Gasteiger partial charge in [-0.05, 0) is 88.6 Å². The Labute approximate surface area is 226 Å². The van der Waals surface area contributed by atoms with Gasteiger partial charge in [-0.25, -0.2) is 9.18 Å². The number of halogens is 2. The van der Waals surface area contributed by atoms with Crippen LogP contribution in [0.1, 0.15) is 27.4 Å². The second kappa shape index (κ2) is 11.3. The van der Waals surface area contributed by atoms with E-state index in [4.69, 9.17) is 11.6 Å². The van der Waals surface area contributed by atoms with Crippen molar-refractivity contribution < 1.29 is 14.3 Å². The molecule has 0 unspecified atom stereocenters. The highest BCUT2D eigenvalue weighted by Gasteiger charge is 2.23. The fourth-order valence-corrected chi connectivity index (χ4v) is 4.69. The number of nitrogens with one attached hydrogen (secondary N) is 2. The average molecular weight is 545 g/mol. The van der Waals surface area contributed by atoms with Crippen LogP contribution in [0.2, 0.25) is 5.02 Å². The van der Waals surface area contributed by atoms with E-state index in [0.717, 1.165) is 0 Å². The first kappa shape index (κ1) is 25.8. The molecule has 2 aromatic heterocycles. The van der Waals surface area contributed by atoms with Gasteiger partial charge in [0.25, 0.3) is 5.56 Å². The average Bonchev–Trinajstić information content (AvgIpc) is 3.46. The number of anilines is 1. The first-order valence-corrected chi connectivity index (χ1v) is 12.3. The van der Waals surface area contributed by atoms with Crippen molar-refractivity contribution in [2.45, 2.75) is 12.3 Å². The number of rotatable bonds is 9. The summed E-state index contributed by atoms with van der Waals surface area (Å²) in [7, 11) is 0. The highest BCUT2D eigenvalue weighted by Crippen LogP contribution is 2.34. The Hall–Kier alpha value is -4.83. The Morgan fingerprint density at radius 3 is 2.62 bits per heavy atom. The first-order chi connectivity index (χ1) is 18.9. The molecule has 9 nitrogen and oxygen atoms in total. The number of nitrogens with zero attached hydrogens (tertiary/aromatic N) is 4.